The maximum atomic E-state index is 12.8. The Morgan fingerprint density at radius 1 is 1.15 bits per heavy atom. The first-order chi connectivity index (χ1) is 15.4. The molecule has 1 saturated heterocycles. The molecule has 0 unspecified atom stereocenters. The predicted molar refractivity (Wildman–Crippen MR) is 137 cm³/mol. The van der Waals surface area contributed by atoms with Crippen LogP contribution in [0.3, 0.4) is 0 Å². The Balaban J connectivity index is 0.00000259. The number of aryl methyl sites for hydroxylation is 1. The average Bonchev–Trinajstić information content (AvgIpc) is 3.28. The Kier molecular flexibility index (Phi) is 6.64. The molecule has 2 fully saturated rings. The molecule has 3 heterocycles. The van der Waals surface area contributed by atoms with Crippen LogP contribution < -0.4 is 21.1 Å². The van der Waals surface area contributed by atoms with Gasteiger partial charge in [-0.05, 0) is 63.4 Å². The molecule has 2 aliphatic rings. The summed E-state index contributed by atoms with van der Waals surface area (Å²) in [6, 6.07) is 10.4. The van der Waals surface area contributed by atoms with Gasteiger partial charge in [0.25, 0.3) is 5.56 Å². The van der Waals surface area contributed by atoms with Crippen molar-refractivity contribution in [3.8, 4) is 0 Å². The van der Waals surface area contributed by atoms with E-state index in [-0.39, 0.29) is 29.5 Å². The number of hydrogen-bond donors (Lipinski definition) is 2. The zero-order valence-electron chi connectivity index (χ0n) is 19.6. The second kappa shape index (κ2) is 9.31. The second-order valence-corrected chi connectivity index (χ2v) is 9.81. The summed E-state index contributed by atoms with van der Waals surface area (Å²) in [7, 11) is 0. The highest BCUT2D eigenvalue weighted by Crippen LogP contribution is 2.31. The van der Waals surface area contributed by atoms with Crippen LogP contribution in [0.5, 0.6) is 0 Å². The Bertz CT molecular complexity index is 1180. The zero-order chi connectivity index (χ0) is 22.3. The molecule has 7 nitrogen and oxygen atoms in total. The molecule has 0 amide bonds. The molecule has 1 saturated carbocycles. The lowest BCUT2D eigenvalue weighted by atomic mass is 10.0. The lowest BCUT2D eigenvalue weighted by Crippen LogP contribution is -2.57. The summed E-state index contributed by atoms with van der Waals surface area (Å²) in [4.78, 5) is 24.6. The lowest BCUT2D eigenvalue weighted by Gasteiger charge is -2.40. The van der Waals surface area contributed by atoms with E-state index in [9.17, 15) is 4.79 Å². The number of benzene rings is 1. The largest absolute Gasteiger partial charge is 0.368 e. The second-order valence-electron chi connectivity index (χ2n) is 9.81. The van der Waals surface area contributed by atoms with Crippen molar-refractivity contribution < 1.29 is 0 Å². The molecule has 1 aliphatic carbocycles. The van der Waals surface area contributed by atoms with Crippen molar-refractivity contribution in [1.29, 1.82) is 0 Å². The van der Waals surface area contributed by atoms with Crippen LogP contribution in [-0.4, -0.2) is 39.7 Å². The van der Waals surface area contributed by atoms with Gasteiger partial charge in [-0.1, -0.05) is 12.8 Å². The molecular weight excluding hydrogens is 436 g/mol. The van der Waals surface area contributed by atoms with Gasteiger partial charge in [0.1, 0.15) is 5.65 Å². The number of anilines is 3. The molecule has 33 heavy (non-hydrogen) atoms. The zero-order valence-corrected chi connectivity index (χ0v) is 20.4. The number of fused-ring (bicyclic) bond motifs is 1. The first-order valence-electron chi connectivity index (χ1n) is 11.7. The van der Waals surface area contributed by atoms with Crippen LogP contribution in [0.2, 0.25) is 0 Å². The summed E-state index contributed by atoms with van der Waals surface area (Å²) in [6.07, 6.45) is 6.24. The molecule has 3 aromatic rings. The third-order valence-electron chi connectivity index (χ3n) is 6.75. The highest BCUT2D eigenvalue weighted by molar-refractivity contribution is 5.85. The number of nitrogens with one attached hydrogen (secondary N) is 2. The van der Waals surface area contributed by atoms with Gasteiger partial charge in [-0.15, -0.1) is 12.4 Å². The van der Waals surface area contributed by atoms with Crippen LogP contribution in [0.25, 0.3) is 11.0 Å². The number of piperazine rings is 1. The molecule has 2 N–H and O–H groups in total. The van der Waals surface area contributed by atoms with Crippen molar-refractivity contribution in [3.63, 3.8) is 0 Å². The van der Waals surface area contributed by atoms with Crippen molar-refractivity contribution in [3.05, 3.63) is 52.4 Å². The van der Waals surface area contributed by atoms with Gasteiger partial charge in [0.2, 0.25) is 5.95 Å². The number of rotatable bonds is 4. The van der Waals surface area contributed by atoms with Crippen LogP contribution in [0.1, 0.15) is 51.1 Å². The highest BCUT2D eigenvalue weighted by Gasteiger charge is 2.26. The van der Waals surface area contributed by atoms with E-state index >= 15 is 0 Å². The van der Waals surface area contributed by atoms with Gasteiger partial charge in [-0.2, -0.15) is 4.98 Å². The van der Waals surface area contributed by atoms with Gasteiger partial charge in [0.05, 0.1) is 0 Å². The van der Waals surface area contributed by atoms with Gasteiger partial charge in [-0.25, -0.2) is 4.98 Å². The standard InChI is InChI=1S/C25H32N6O.ClH/c1-17-14-22(32)31(20-6-4-5-7-20)23-21(17)15-26-24(29-23)28-18-8-10-19(11-9-18)30-13-12-27-25(2,3)16-30;/h8-11,14-15,20,27H,4-7,12-13,16H2,1-3H3,(H,26,28,29);1H. The normalized spacial score (nSPS) is 18.3. The maximum Gasteiger partial charge on any atom is 0.252 e. The van der Waals surface area contributed by atoms with E-state index in [1.807, 2.05) is 17.7 Å². The average molecular weight is 469 g/mol. The number of halogens is 1. The summed E-state index contributed by atoms with van der Waals surface area (Å²) in [5.41, 5.74) is 3.96. The minimum atomic E-state index is 0. The minimum Gasteiger partial charge on any atom is -0.368 e. The summed E-state index contributed by atoms with van der Waals surface area (Å²) in [6.45, 7) is 9.39. The van der Waals surface area contributed by atoms with Crippen molar-refractivity contribution in [2.75, 3.05) is 29.9 Å². The third-order valence-corrected chi connectivity index (χ3v) is 6.75. The van der Waals surface area contributed by atoms with Gasteiger partial charge >= 0.3 is 0 Å². The lowest BCUT2D eigenvalue weighted by molar-refractivity contribution is 0.353. The van der Waals surface area contributed by atoms with Gasteiger partial charge in [0, 0.05) is 60.2 Å². The summed E-state index contributed by atoms with van der Waals surface area (Å²) < 4.78 is 1.89. The third kappa shape index (κ3) is 4.84. The quantitative estimate of drug-likeness (QED) is 0.584. The number of hydrogen-bond acceptors (Lipinski definition) is 6. The number of aromatic nitrogens is 3. The van der Waals surface area contributed by atoms with Crippen LogP contribution >= 0.6 is 12.4 Å². The SMILES string of the molecule is Cc1cc(=O)n(C2CCCC2)c2nc(Nc3ccc(N4CCNC(C)(C)C4)cc3)ncc12.Cl. The van der Waals surface area contributed by atoms with Crippen LogP contribution in [0.15, 0.2) is 41.3 Å². The Labute approximate surface area is 201 Å². The molecule has 0 radical (unpaired) electrons. The molecule has 0 spiro atoms. The fourth-order valence-electron chi connectivity index (χ4n) is 5.09. The van der Waals surface area contributed by atoms with Crippen LogP contribution in [0.4, 0.5) is 17.3 Å². The minimum absolute atomic E-state index is 0. The van der Waals surface area contributed by atoms with E-state index in [1.165, 1.54) is 18.5 Å². The first-order valence-corrected chi connectivity index (χ1v) is 11.7. The van der Waals surface area contributed by atoms with Crippen molar-refractivity contribution in [2.24, 2.45) is 0 Å². The smallest absolute Gasteiger partial charge is 0.252 e. The Hall–Kier alpha value is -2.64. The maximum absolute atomic E-state index is 12.8. The summed E-state index contributed by atoms with van der Waals surface area (Å²) in [5.74, 6) is 0.519. The predicted octanol–water partition coefficient (Wildman–Crippen LogP) is 4.57. The monoisotopic (exact) mass is 468 g/mol. The van der Waals surface area contributed by atoms with Crippen molar-refractivity contribution in [1.82, 2.24) is 19.9 Å². The molecule has 2 aromatic heterocycles. The van der Waals surface area contributed by atoms with Crippen LogP contribution in [0, 0.1) is 6.92 Å². The van der Waals surface area contributed by atoms with Crippen LogP contribution in [-0.2, 0) is 0 Å². The van der Waals surface area contributed by atoms with Gasteiger partial charge < -0.3 is 15.5 Å². The Morgan fingerprint density at radius 2 is 1.88 bits per heavy atom. The molecule has 0 bridgehead atoms. The van der Waals surface area contributed by atoms with E-state index in [2.05, 4.69) is 58.6 Å². The fraction of sp³-hybridized carbons (Fsp3) is 0.480. The fourth-order valence-corrected chi connectivity index (χ4v) is 5.09. The van der Waals surface area contributed by atoms with E-state index < -0.39 is 0 Å². The van der Waals surface area contributed by atoms with E-state index in [1.54, 1.807) is 6.07 Å². The van der Waals surface area contributed by atoms with E-state index in [0.29, 0.717) is 5.95 Å². The van der Waals surface area contributed by atoms with Crippen molar-refractivity contribution >= 4 is 40.8 Å². The van der Waals surface area contributed by atoms with Crippen molar-refractivity contribution in [2.45, 2.75) is 58.0 Å². The first kappa shape index (κ1) is 23.5. The molecule has 8 heteroatoms. The van der Waals surface area contributed by atoms with Gasteiger partial charge in [0.15, 0.2) is 0 Å². The Morgan fingerprint density at radius 3 is 2.58 bits per heavy atom. The highest BCUT2D eigenvalue weighted by atomic mass is 35.5. The van der Waals surface area contributed by atoms with Gasteiger partial charge in [-0.3, -0.25) is 9.36 Å². The summed E-state index contributed by atoms with van der Waals surface area (Å²) >= 11 is 0. The molecule has 176 valence electrons. The molecule has 5 rings (SSSR count). The topological polar surface area (TPSA) is 75.1 Å². The molecule has 0 atom stereocenters. The van der Waals surface area contributed by atoms with E-state index in [4.69, 9.17) is 4.98 Å². The van der Waals surface area contributed by atoms with E-state index in [0.717, 1.165) is 54.8 Å². The number of nitrogens with zero attached hydrogens (tertiary/aromatic N) is 4. The molecule has 1 aliphatic heterocycles. The summed E-state index contributed by atoms with van der Waals surface area (Å²) in [5, 5.41) is 7.83. The number of pyridine rings is 1. The molecule has 1 aromatic carbocycles. The molecular formula is C25H33ClN6O.